The third kappa shape index (κ3) is 5.42. The van der Waals surface area contributed by atoms with Crippen LogP contribution in [0.4, 0.5) is 19.3 Å². The second-order valence-electron chi connectivity index (χ2n) is 7.15. The van der Waals surface area contributed by atoms with Gasteiger partial charge in [0.15, 0.2) is 0 Å². The van der Waals surface area contributed by atoms with E-state index in [2.05, 4.69) is 0 Å². The van der Waals surface area contributed by atoms with Gasteiger partial charge < -0.3 is 19.3 Å². The lowest BCUT2D eigenvalue weighted by atomic mass is 10.1. The van der Waals surface area contributed by atoms with E-state index < -0.39 is 23.3 Å². The molecule has 1 saturated heterocycles. The molecule has 2 rings (SSSR count). The van der Waals surface area contributed by atoms with E-state index in [1.54, 1.807) is 49.8 Å². The number of benzene rings is 1. The number of nitrogens with zero attached hydrogens (tertiary/aromatic N) is 2. The normalized spacial score (nSPS) is 15.6. The van der Waals surface area contributed by atoms with Crippen molar-refractivity contribution in [3.8, 4) is 0 Å². The first-order valence-electron chi connectivity index (χ1n) is 8.58. The fraction of sp³-hybridized carbons (Fsp3) is 0.526. The van der Waals surface area contributed by atoms with E-state index in [1.807, 2.05) is 0 Å². The smallest absolute Gasteiger partial charge is 0.410 e. The Labute approximate surface area is 153 Å². The van der Waals surface area contributed by atoms with Gasteiger partial charge in [-0.25, -0.2) is 13.6 Å². The van der Waals surface area contributed by atoms with Gasteiger partial charge in [0, 0.05) is 33.3 Å². The van der Waals surface area contributed by atoms with Crippen LogP contribution in [0.15, 0.2) is 18.2 Å². The monoisotopic (exact) mass is 368 g/mol. The molecule has 0 aromatic heterocycles. The summed E-state index contributed by atoms with van der Waals surface area (Å²) in [5, 5.41) is 0. The molecule has 7 heteroatoms. The highest BCUT2D eigenvalue weighted by molar-refractivity contribution is 5.69. The van der Waals surface area contributed by atoms with Crippen LogP contribution in [0.3, 0.4) is 0 Å². The Kier molecular flexibility index (Phi) is 6.58. The van der Waals surface area contributed by atoms with Gasteiger partial charge in [-0.1, -0.05) is 12.2 Å². The summed E-state index contributed by atoms with van der Waals surface area (Å²) >= 11 is 0. The van der Waals surface area contributed by atoms with E-state index in [0.717, 1.165) is 0 Å². The molecule has 1 aromatic rings. The molecule has 0 saturated carbocycles. The molecule has 1 heterocycles. The number of halogens is 2. The molecule has 5 nitrogen and oxygen atoms in total. The minimum absolute atomic E-state index is 0.0577. The first kappa shape index (κ1) is 20.2. The summed E-state index contributed by atoms with van der Waals surface area (Å²) in [6, 6.07) is 2.59. The van der Waals surface area contributed by atoms with Crippen LogP contribution in [-0.4, -0.2) is 56.5 Å². The molecule has 0 unspecified atom stereocenters. The van der Waals surface area contributed by atoms with Crippen molar-refractivity contribution in [1.82, 2.24) is 4.90 Å². The predicted octanol–water partition coefficient (Wildman–Crippen LogP) is 3.68. The van der Waals surface area contributed by atoms with Crippen LogP contribution in [-0.2, 0) is 9.47 Å². The lowest BCUT2D eigenvalue weighted by Crippen LogP contribution is -2.50. The molecule has 0 spiro atoms. The van der Waals surface area contributed by atoms with E-state index >= 15 is 0 Å². The van der Waals surface area contributed by atoms with Crippen LogP contribution in [0.2, 0.25) is 0 Å². The molecular formula is C19H26F2N2O3. The van der Waals surface area contributed by atoms with Crippen molar-refractivity contribution in [2.24, 2.45) is 0 Å². The number of rotatable bonds is 4. The van der Waals surface area contributed by atoms with Crippen molar-refractivity contribution >= 4 is 17.9 Å². The second kappa shape index (κ2) is 8.49. The van der Waals surface area contributed by atoms with Crippen molar-refractivity contribution in [2.45, 2.75) is 26.4 Å². The SMILES string of the molecule is COC/C=C/c1cc(F)c(N2CCN(C(=O)OC(C)(C)C)CC2)c(F)c1. The Balaban J connectivity index is 2.04. The van der Waals surface area contributed by atoms with Gasteiger partial charge in [-0.2, -0.15) is 0 Å². The third-order valence-corrected chi connectivity index (χ3v) is 3.86. The van der Waals surface area contributed by atoms with Crippen LogP contribution in [0.25, 0.3) is 6.08 Å². The largest absolute Gasteiger partial charge is 0.444 e. The lowest BCUT2D eigenvalue weighted by molar-refractivity contribution is 0.0240. The van der Waals surface area contributed by atoms with Gasteiger partial charge in [0.25, 0.3) is 0 Å². The van der Waals surface area contributed by atoms with Crippen LogP contribution in [0, 0.1) is 11.6 Å². The number of hydrogen-bond acceptors (Lipinski definition) is 4. The van der Waals surface area contributed by atoms with Crippen molar-refractivity contribution in [2.75, 3.05) is 44.8 Å². The quantitative estimate of drug-likeness (QED) is 0.813. The number of anilines is 1. The molecule has 26 heavy (non-hydrogen) atoms. The van der Waals surface area contributed by atoms with E-state index in [9.17, 15) is 13.6 Å². The van der Waals surface area contributed by atoms with Gasteiger partial charge in [0.2, 0.25) is 0 Å². The number of methoxy groups -OCH3 is 1. The topological polar surface area (TPSA) is 42.0 Å². The average molecular weight is 368 g/mol. The fourth-order valence-electron chi connectivity index (χ4n) is 2.70. The summed E-state index contributed by atoms with van der Waals surface area (Å²) in [4.78, 5) is 15.3. The van der Waals surface area contributed by atoms with E-state index in [-0.39, 0.29) is 5.69 Å². The van der Waals surface area contributed by atoms with Gasteiger partial charge in [-0.05, 0) is 38.5 Å². The number of ether oxygens (including phenoxy) is 2. The van der Waals surface area contributed by atoms with Gasteiger partial charge >= 0.3 is 6.09 Å². The average Bonchev–Trinajstić information content (AvgIpc) is 2.53. The molecule has 0 radical (unpaired) electrons. The molecule has 0 atom stereocenters. The molecule has 1 fully saturated rings. The van der Waals surface area contributed by atoms with Crippen molar-refractivity contribution in [3.05, 3.63) is 35.4 Å². The number of amides is 1. The highest BCUT2D eigenvalue weighted by Crippen LogP contribution is 2.27. The molecule has 0 N–H and O–H groups in total. The van der Waals surface area contributed by atoms with Crippen molar-refractivity contribution in [1.29, 1.82) is 0 Å². The zero-order valence-electron chi connectivity index (χ0n) is 15.7. The minimum atomic E-state index is -0.618. The minimum Gasteiger partial charge on any atom is -0.444 e. The van der Waals surface area contributed by atoms with E-state index in [1.165, 1.54) is 12.1 Å². The summed E-state index contributed by atoms with van der Waals surface area (Å²) in [6.07, 6.45) is 2.89. The molecule has 0 aliphatic carbocycles. The van der Waals surface area contributed by atoms with Crippen LogP contribution in [0.5, 0.6) is 0 Å². The number of carbonyl (C=O) groups is 1. The molecule has 1 aliphatic rings. The van der Waals surface area contributed by atoms with Gasteiger partial charge in [-0.15, -0.1) is 0 Å². The lowest BCUT2D eigenvalue weighted by Gasteiger charge is -2.37. The van der Waals surface area contributed by atoms with Crippen molar-refractivity contribution in [3.63, 3.8) is 0 Å². The Morgan fingerprint density at radius 2 is 1.73 bits per heavy atom. The maximum atomic E-state index is 14.4. The summed E-state index contributed by atoms with van der Waals surface area (Å²) in [5.74, 6) is -1.24. The van der Waals surface area contributed by atoms with Gasteiger partial charge in [0.05, 0.1) is 6.61 Å². The summed E-state index contributed by atoms with van der Waals surface area (Å²) in [7, 11) is 1.55. The Bertz CT molecular complexity index is 640. The highest BCUT2D eigenvalue weighted by atomic mass is 19.1. The van der Waals surface area contributed by atoms with Crippen LogP contribution < -0.4 is 4.90 Å². The zero-order chi connectivity index (χ0) is 19.3. The Morgan fingerprint density at radius 1 is 1.15 bits per heavy atom. The summed E-state index contributed by atoms with van der Waals surface area (Å²) in [5.41, 5.74) is -0.190. The first-order valence-corrected chi connectivity index (χ1v) is 8.58. The highest BCUT2D eigenvalue weighted by Gasteiger charge is 2.28. The maximum absolute atomic E-state index is 14.4. The van der Waals surface area contributed by atoms with Crippen LogP contribution in [0.1, 0.15) is 26.3 Å². The number of carbonyl (C=O) groups excluding carboxylic acids is 1. The van der Waals surface area contributed by atoms with Gasteiger partial charge in [-0.3, -0.25) is 0 Å². The second-order valence-corrected chi connectivity index (χ2v) is 7.15. The predicted molar refractivity (Wildman–Crippen MR) is 97.3 cm³/mol. The number of hydrogen-bond donors (Lipinski definition) is 0. The van der Waals surface area contributed by atoms with Crippen LogP contribution >= 0.6 is 0 Å². The fourth-order valence-corrected chi connectivity index (χ4v) is 2.70. The third-order valence-electron chi connectivity index (χ3n) is 3.86. The molecular weight excluding hydrogens is 342 g/mol. The Hall–Kier alpha value is -2.15. The molecule has 1 aliphatic heterocycles. The zero-order valence-corrected chi connectivity index (χ0v) is 15.7. The van der Waals surface area contributed by atoms with Gasteiger partial charge in [0.1, 0.15) is 22.9 Å². The van der Waals surface area contributed by atoms with Crippen molar-refractivity contribution < 1.29 is 23.0 Å². The summed E-state index contributed by atoms with van der Waals surface area (Å²) < 4.78 is 39.1. The first-order chi connectivity index (χ1) is 12.2. The number of piperazine rings is 1. The molecule has 144 valence electrons. The molecule has 0 bridgehead atoms. The standard InChI is InChI=1S/C19H26F2N2O3/c1-19(2,3)26-18(24)23-9-7-22(8-10-23)17-15(20)12-14(13-16(17)21)6-5-11-25-4/h5-6,12-13H,7-11H2,1-4H3/b6-5+. The maximum Gasteiger partial charge on any atom is 0.410 e. The van der Waals surface area contributed by atoms with E-state index in [4.69, 9.17) is 9.47 Å². The van der Waals surface area contributed by atoms with E-state index in [0.29, 0.717) is 38.3 Å². The molecule has 1 amide bonds. The summed E-state index contributed by atoms with van der Waals surface area (Å²) in [6.45, 7) is 7.15. The Morgan fingerprint density at radius 3 is 2.23 bits per heavy atom. The molecule has 1 aromatic carbocycles.